The van der Waals surface area contributed by atoms with E-state index in [1.54, 1.807) is 0 Å². The maximum Gasteiger partial charge on any atom is 0 e. The Kier molecular flexibility index (Phi) is 159. The molecule has 8 heteroatoms. The first-order valence-electron chi connectivity index (χ1n) is 8.46. The van der Waals surface area contributed by atoms with Crippen LogP contribution in [0.25, 0.3) is 0 Å². The van der Waals surface area contributed by atoms with Gasteiger partial charge in [-0.25, -0.2) is 0 Å². The van der Waals surface area contributed by atoms with Crippen molar-refractivity contribution in [3.8, 4) is 0 Å². The zero-order valence-corrected chi connectivity index (χ0v) is 17.1. The van der Waals surface area contributed by atoms with Crippen LogP contribution >= 0.6 is 0 Å². The summed E-state index contributed by atoms with van der Waals surface area (Å²) in [4.78, 5) is 0. The van der Waals surface area contributed by atoms with Crippen LogP contribution in [0.15, 0.2) is 0 Å². The molecule has 0 bridgehead atoms. The van der Waals surface area contributed by atoms with E-state index in [2.05, 4.69) is 27.7 Å². The van der Waals surface area contributed by atoms with Gasteiger partial charge in [-0.1, -0.05) is 53.4 Å². The smallest absolute Gasteiger partial charge is 0 e. The second kappa shape index (κ2) is 77.1. The van der Waals surface area contributed by atoms with Gasteiger partial charge in [-0.15, -0.1) is 0 Å². The van der Waals surface area contributed by atoms with Crippen molar-refractivity contribution in [2.45, 2.75) is 79.1 Å². The molecule has 0 unspecified atom stereocenters. The molecule has 4 nitrogen and oxygen atoms in total. The lowest BCUT2D eigenvalue weighted by atomic mass is 10.3. The number of unbranched alkanes of at least 4 members (excludes halogenated alkanes) is 4. The summed E-state index contributed by atoms with van der Waals surface area (Å²) >= 11 is 0. The van der Waals surface area contributed by atoms with Gasteiger partial charge in [-0.05, 0) is 51.9 Å². The molecule has 0 spiro atoms. The number of nitrogens with two attached hydrogens (primary N) is 4. The predicted octanol–water partition coefficient (Wildman–Crippen LogP) is 1.46. The zero-order valence-electron chi connectivity index (χ0n) is 17.1. The van der Waals surface area contributed by atoms with Crippen molar-refractivity contribution >= 4 is 33.7 Å². The summed E-state index contributed by atoms with van der Waals surface area (Å²) in [5, 5.41) is 0. The lowest BCUT2D eigenvalue weighted by Crippen LogP contribution is -1.95. The first kappa shape index (κ1) is 49.6. The minimum atomic E-state index is 0. The number of hydrogen-bond acceptors (Lipinski definition) is 4. The molecule has 0 saturated heterocycles. The van der Waals surface area contributed by atoms with E-state index in [0.717, 1.165) is 26.2 Å². The molecule has 0 aliphatic heterocycles. The highest BCUT2D eigenvalue weighted by Gasteiger charge is 1.69. The fraction of sp³-hybridized carbons (Fsp3) is 1.00. The molecule has 0 aromatic heterocycles. The second-order valence-electron chi connectivity index (χ2n) is 4.57. The Bertz CT molecular complexity index is 84.1. The van der Waals surface area contributed by atoms with Crippen LogP contribution in [-0.4, -0.2) is 59.8 Å². The first-order chi connectivity index (χ1) is 9.66. The SMILES string of the molecule is CCCCN.CCCCN.CCCCN.CCCCN.[B].[B].[B].[B]. The molecule has 0 saturated carbocycles. The molecule has 0 atom stereocenters. The van der Waals surface area contributed by atoms with Crippen molar-refractivity contribution < 1.29 is 0 Å². The topological polar surface area (TPSA) is 104 Å². The van der Waals surface area contributed by atoms with Crippen LogP contribution in [0.2, 0.25) is 0 Å². The van der Waals surface area contributed by atoms with E-state index in [1.807, 2.05) is 0 Å². The van der Waals surface area contributed by atoms with Crippen LogP contribution in [0.3, 0.4) is 0 Å². The Balaban J connectivity index is -0.0000000225. The molecule has 0 aliphatic rings. The van der Waals surface area contributed by atoms with Crippen LogP contribution < -0.4 is 22.9 Å². The van der Waals surface area contributed by atoms with Gasteiger partial charge in [0, 0.05) is 33.7 Å². The Morgan fingerprint density at radius 2 is 0.500 bits per heavy atom. The summed E-state index contributed by atoms with van der Waals surface area (Å²) < 4.78 is 0. The van der Waals surface area contributed by atoms with Crippen molar-refractivity contribution in [1.29, 1.82) is 0 Å². The molecule has 8 N–H and O–H groups in total. The molecule has 0 aromatic carbocycles. The van der Waals surface area contributed by atoms with Gasteiger partial charge in [0.2, 0.25) is 0 Å². The van der Waals surface area contributed by atoms with E-state index in [4.69, 9.17) is 22.9 Å². The summed E-state index contributed by atoms with van der Waals surface area (Å²) in [5.41, 5.74) is 20.6. The molecule has 0 fully saturated rings. The van der Waals surface area contributed by atoms with Crippen molar-refractivity contribution in [3.05, 3.63) is 0 Å². The summed E-state index contributed by atoms with van der Waals surface area (Å²) in [6.07, 6.45) is 9.54. The van der Waals surface area contributed by atoms with Gasteiger partial charge in [0.25, 0.3) is 0 Å². The number of rotatable bonds is 8. The van der Waals surface area contributed by atoms with Gasteiger partial charge in [-0.2, -0.15) is 0 Å². The Morgan fingerprint density at radius 3 is 0.500 bits per heavy atom. The van der Waals surface area contributed by atoms with E-state index in [1.165, 1.54) is 51.4 Å². The summed E-state index contributed by atoms with van der Waals surface area (Å²) in [5.74, 6) is 0. The fourth-order valence-electron chi connectivity index (χ4n) is 0.816. The molecule has 24 heavy (non-hydrogen) atoms. The van der Waals surface area contributed by atoms with Crippen LogP contribution in [0.1, 0.15) is 79.1 Å². The molecule has 0 aliphatic carbocycles. The summed E-state index contributed by atoms with van der Waals surface area (Å²) in [7, 11) is 0. The fourth-order valence-corrected chi connectivity index (χ4v) is 0.816. The maximum atomic E-state index is 5.14. The van der Waals surface area contributed by atoms with Crippen LogP contribution in [-0.2, 0) is 0 Å². The van der Waals surface area contributed by atoms with E-state index in [9.17, 15) is 0 Å². The molecular formula is C16H44B4N4. The first-order valence-corrected chi connectivity index (χ1v) is 8.46. The highest BCUT2D eigenvalue weighted by molar-refractivity contribution is 5.76. The molecule has 0 aromatic rings. The average Bonchev–Trinajstić information content (AvgIpc) is 2.44. The normalized spacial score (nSPS) is 7.00. The molecule has 140 valence electrons. The maximum absolute atomic E-state index is 5.14. The Labute approximate surface area is 162 Å². The highest BCUT2D eigenvalue weighted by Crippen LogP contribution is 1.78. The Hall–Kier alpha value is 0.0997. The van der Waals surface area contributed by atoms with E-state index in [-0.39, 0.29) is 33.7 Å². The van der Waals surface area contributed by atoms with Crippen molar-refractivity contribution in [2.75, 3.05) is 26.2 Å². The second-order valence-corrected chi connectivity index (χ2v) is 4.57. The lowest BCUT2D eigenvalue weighted by molar-refractivity contribution is 0.807. The van der Waals surface area contributed by atoms with Gasteiger partial charge in [0.1, 0.15) is 0 Å². The van der Waals surface area contributed by atoms with Crippen molar-refractivity contribution in [2.24, 2.45) is 22.9 Å². The number of hydrogen-bond donors (Lipinski definition) is 4. The molecule has 12 radical (unpaired) electrons. The van der Waals surface area contributed by atoms with Crippen LogP contribution in [0, 0.1) is 0 Å². The average molecular weight is 336 g/mol. The van der Waals surface area contributed by atoms with Gasteiger partial charge in [-0.3, -0.25) is 0 Å². The largest absolute Gasteiger partial charge is 0.330 e. The van der Waals surface area contributed by atoms with Crippen LogP contribution in [0.5, 0.6) is 0 Å². The van der Waals surface area contributed by atoms with Gasteiger partial charge < -0.3 is 22.9 Å². The standard InChI is InChI=1S/4C4H11N.4B/c4*1-2-3-4-5;;;;/h4*2-5H2,1H3;;;;. The summed E-state index contributed by atoms with van der Waals surface area (Å²) in [6.45, 7) is 11.9. The van der Waals surface area contributed by atoms with E-state index in [0.29, 0.717) is 0 Å². The Morgan fingerprint density at radius 1 is 0.375 bits per heavy atom. The van der Waals surface area contributed by atoms with Gasteiger partial charge in [0.15, 0.2) is 0 Å². The minimum Gasteiger partial charge on any atom is -0.330 e. The van der Waals surface area contributed by atoms with E-state index >= 15 is 0 Å². The molecule has 0 amide bonds. The zero-order chi connectivity index (χ0) is 16.5. The molecule has 0 heterocycles. The van der Waals surface area contributed by atoms with Crippen molar-refractivity contribution in [1.82, 2.24) is 0 Å². The quantitative estimate of drug-likeness (QED) is 0.504. The van der Waals surface area contributed by atoms with E-state index < -0.39 is 0 Å². The lowest BCUT2D eigenvalue weighted by Gasteiger charge is -1.80. The third-order valence-corrected chi connectivity index (χ3v) is 2.23. The minimum absolute atomic E-state index is 0. The summed E-state index contributed by atoms with van der Waals surface area (Å²) in [6, 6.07) is 0. The van der Waals surface area contributed by atoms with Crippen LogP contribution in [0.4, 0.5) is 0 Å². The third-order valence-electron chi connectivity index (χ3n) is 2.23. The predicted molar refractivity (Wildman–Crippen MR) is 119 cm³/mol. The molecule has 0 rings (SSSR count). The molecular weight excluding hydrogens is 291 g/mol. The van der Waals surface area contributed by atoms with Gasteiger partial charge >= 0.3 is 0 Å². The van der Waals surface area contributed by atoms with Gasteiger partial charge in [0.05, 0.1) is 0 Å². The monoisotopic (exact) mass is 336 g/mol. The highest BCUT2D eigenvalue weighted by atomic mass is 14.5. The third kappa shape index (κ3) is 150. The van der Waals surface area contributed by atoms with Crippen molar-refractivity contribution in [3.63, 3.8) is 0 Å².